The number of rotatable bonds is 2. The zero-order valence-electron chi connectivity index (χ0n) is 10.8. The molecule has 0 aromatic carbocycles. The minimum Gasteiger partial charge on any atom is -0.336 e. The lowest BCUT2D eigenvalue weighted by molar-refractivity contribution is -0.133. The lowest BCUT2D eigenvalue weighted by atomic mass is 9.72. The van der Waals surface area contributed by atoms with Crippen LogP contribution in [0.2, 0.25) is 0 Å². The van der Waals surface area contributed by atoms with Gasteiger partial charge in [0, 0.05) is 25.2 Å². The van der Waals surface area contributed by atoms with E-state index in [9.17, 15) is 4.79 Å². The molecular weight excluding hydrogens is 212 g/mol. The summed E-state index contributed by atoms with van der Waals surface area (Å²) in [6, 6.07) is 0.488. The molecule has 2 fully saturated rings. The Morgan fingerprint density at radius 3 is 2.88 bits per heavy atom. The summed E-state index contributed by atoms with van der Waals surface area (Å²) in [5.74, 6) is 1.68. The smallest absolute Gasteiger partial charge is 0.246 e. The molecule has 0 aromatic heterocycles. The van der Waals surface area contributed by atoms with E-state index in [4.69, 9.17) is 5.73 Å². The van der Waals surface area contributed by atoms with Crippen LogP contribution in [0.3, 0.4) is 0 Å². The first kappa shape index (κ1) is 12.6. The van der Waals surface area contributed by atoms with Gasteiger partial charge in [-0.1, -0.05) is 25.8 Å². The number of nitrogens with zero attached hydrogens (tertiary/aromatic N) is 1. The van der Waals surface area contributed by atoms with Crippen molar-refractivity contribution in [2.75, 3.05) is 13.1 Å². The summed E-state index contributed by atoms with van der Waals surface area (Å²) in [7, 11) is 0. The number of amides is 1. The third-order valence-electron chi connectivity index (χ3n) is 4.42. The van der Waals surface area contributed by atoms with Crippen molar-refractivity contribution >= 4 is 5.91 Å². The Labute approximate surface area is 104 Å². The van der Waals surface area contributed by atoms with E-state index in [1.165, 1.54) is 25.7 Å². The lowest BCUT2D eigenvalue weighted by Crippen LogP contribution is -2.51. The van der Waals surface area contributed by atoms with Gasteiger partial charge in [0.25, 0.3) is 0 Å². The number of hydrogen-bond donors (Lipinski definition) is 1. The van der Waals surface area contributed by atoms with E-state index in [1.807, 2.05) is 0 Å². The zero-order chi connectivity index (χ0) is 12.3. The summed E-state index contributed by atoms with van der Waals surface area (Å²) < 4.78 is 0. The minimum atomic E-state index is 0.166. The highest BCUT2D eigenvalue weighted by Crippen LogP contribution is 2.38. The van der Waals surface area contributed by atoms with Crippen LogP contribution in [-0.2, 0) is 4.79 Å². The molecule has 2 aliphatic rings. The van der Waals surface area contributed by atoms with Gasteiger partial charge in [-0.25, -0.2) is 0 Å². The molecule has 3 atom stereocenters. The molecule has 2 rings (SSSR count). The van der Waals surface area contributed by atoms with Crippen LogP contribution < -0.4 is 5.73 Å². The number of carbonyl (C=O) groups excluding carboxylic acids is 1. The van der Waals surface area contributed by atoms with Gasteiger partial charge in [-0.05, 0) is 31.1 Å². The first-order valence-electron chi connectivity index (χ1n) is 6.91. The Balaban J connectivity index is 2.06. The van der Waals surface area contributed by atoms with Gasteiger partial charge in [0.05, 0.1) is 0 Å². The van der Waals surface area contributed by atoms with Crippen molar-refractivity contribution in [3.63, 3.8) is 0 Å². The summed E-state index contributed by atoms with van der Waals surface area (Å²) in [5.41, 5.74) is 5.40. The number of piperidine rings is 1. The Kier molecular flexibility index (Phi) is 4.21. The maximum atomic E-state index is 12.1. The van der Waals surface area contributed by atoms with E-state index in [-0.39, 0.29) is 5.91 Å². The first-order valence-corrected chi connectivity index (χ1v) is 6.91. The average Bonchev–Trinajstić information content (AvgIpc) is 2.37. The summed E-state index contributed by atoms with van der Waals surface area (Å²) in [6.07, 6.45) is 9.68. The van der Waals surface area contributed by atoms with Crippen LogP contribution in [0.5, 0.6) is 0 Å². The second kappa shape index (κ2) is 5.67. The van der Waals surface area contributed by atoms with Crippen LogP contribution in [0, 0.1) is 11.8 Å². The minimum absolute atomic E-state index is 0.166. The predicted octanol–water partition coefficient (Wildman–Crippen LogP) is 1.93. The molecule has 1 amide bonds. The second-order valence-electron chi connectivity index (χ2n) is 5.45. The molecule has 1 aliphatic heterocycles. The topological polar surface area (TPSA) is 46.3 Å². The number of hydrogen-bond acceptors (Lipinski definition) is 2. The van der Waals surface area contributed by atoms with Gasteiger partial charge in [0.2, 0.25) is 5.91 Å². The molecule has 3 heteroatoms. The largest absolute Gasteiger partial charge is 0.336 e. The van der Waals surface area contributed by atoms with Gasteiger partial charge in [0.15, 0.2) is 0 Å². The van der Waals surface area contributed by atoms with E-state index in [0.717, 1.165) is 24.8 Å². The van der Waals surface area contributed by atoms with Crippen molar-refractivity contribution in [3.05, 3.63) is 12.2 Å². The van der Waals surface area contributed by atoms with E-state index in [2.05, 4.69) is 11.8 Å². The Bertz CT molecular complexity index is 301. The second-order valence-corrected chi connectivity index (χ2v) is 5.45. The fourth-order valence-electron chi connectivity index (χ4n) is 3.45. The van der Waals surface area contributed by atoms with Crippen molar-refractivity contribution in [2.24, 2.45) is 17.6 Å². The molecule has 1 saturated heterocycles. The van der Waals surface area contributed by atoms with Gasteiger partial charge < -0.3 is 10.6 Å². The van der Waals surface area contributed by atoms with Gasteiger partial charge >= 0.3 is 0 Å². The van der Waals surface area contributed by atoms with Crippen LogP contribution >= 0.6 is 0 Å². The van der Waals surface area contributed by atoms with Crippen LogP contribution in [0.1, 0.15) is 39.0 Å². The SMILES string of the molecule is CC1CCN(C(=O)/C=C/CN)C2CCCCC12. The van der Waals surface area contributed by atoms with E-state index < -0.39 is 0 Å². The standard InChI is InChI=1S/C14H24N2O/c1-11-8-10-16(14(17)7-4-9-15)13-6-3-2-5-12(11)13/h4,7,11-13H,2-3,5-6,8-10,15H2,1H3/b7-4+. The molecule has 17 heavy (non-hydrogen) atoms. The molecule has 1 aliphatic carbocycles. The summed E-state index contributed by atoms with van der Waals surface area (Å²) in [4.78, 5) is 14.2. The summed E-state index contributed by atoms with van der Waals surface area (Å²) in [5, 5.41) is 0. The molecular formula is C14H24N2O. The third kappa shape index (κ3) is 2.71. The van der Waals surface area contributed by atoms with Crippen LogP contribution in [0.15, 0.2) is 12.2 Å². The molecule has 3 nitrogen and oxygen atoms in total. The first-order chi connectivity index (χ1) is 8.24. The number of nitrogens with two attached hydrogens (primary N) is 1. The van der Waals surface area contributed by atoms with Crippen molar-refractivity contribution in [1.82, 2.24) is 4.90 Å². The van der Waals surface area contributed by atoms with Crippen molar-refractivity contribution in [1.29, 1.82) is 0 Å². The van der Waals surface area contributed by atoms with Crippen LogP contribution in [-0.4, -0.2) is 29.9 Å². The Morgan fingerprint density at radius 2 is 2.12 bits per heavy atom. The quantitative estimate of drug-likeness (QED) is 0.745. The fraction of sp³-hybridized carbons (Fsp3) is 0.786. The van der Waals surface area contributed by atoms with E-state index in [1.54, 1.807) is 12.2 Å². The maximum Gasteiger partial charge on any atom is 0.246 e. The lowest BCUT2D eigenvalue weighted by Gasteiger charge is -2.47. The fourth-order valence-corrected chi connectivity index (χ4v) is 3.45. The normalized spacial score (nSPS) is 33.8. The Morgan fingerprint density at radius 1 is 1.35 bits per heavy atom. The van der Waals surface area contributed by atoms with Gasteiger partial charge in [-0.15, -0.1) is 0 Å². The summed E-state index contributed by atoms with van der Waals surface area (Å²) >= 11 is 0. The highest BCUT2D eigenvalue weighted by molar-refractivity contribution is 5.88. The monoisotopic (exact) mass is 236 g/mol. The number of likely N-dealkylation sites (tertiary alicyclic amines) is 1. The van der Waals surface area contributed by atoms with E-state index in [0.29, 0.717) is 12.6 Å². The maximum absolute atomic E-state index is 12.1. The third-order valence-corrected chi connectivity index (χ3v) is 4.42. The molecule has 1 heterocycles. The van der Waals surface area contributed by atoms with Crippen molar-refractivity contribution < 1.29 is 4.79 Å². The van der Waals surface area contributed by atoms with Gasteiger partial charge in [0.1, 0.15) is 0 Å². The van der Waals surface area contributed by atoms with Crippen molar-refractivity contribution in [2.45, 2.75) is 45.1 Å². The molecule has 0 radical (unpaired) electrons. The Hall–Kier alpha value is -0.830. The van der Waals surface area contributed by atoms with Crippen LogP contribution in [0.4, 0.5) is 0 Å². The van der Waals surface area contributed by atoms with E-state index >= 15 is 0 Å². The molecule has 0 aromatic rings. The molecule has 0 bridgehead atoms. The average molecular weight is 236 g/mol. The van der Waals surface area contributed by atoms with Gasteiger partial charge in [-0.2, -0.15) is 0 Å². The highest BCUT2D eigenvalue weighted by Gasteiger charge is 2.38. The number of fused-ring (bicyclic) bond motifs is 1. The number of carbonyl (C=O) groups is 1. The molecule has 96 valence electrons. The summed E-state index contributed by atoms with van der Waals surface area (Å²) in [6.45, 7) is 3.72. The van der Waals surface area contributed by atoms with Crippen molar-refractivity contribution in [3.8, 4) is 0 Å². The zero-order valence-corrected chi connectivity index (χ0v) is 10.8. The highest BCUT2D eigenvalue weighted by atomic mass is 16.2. The predicted molar refractivity (Wildman–Crippen MR) is 69.4 cm³/mol. The van der Waals surface area contributed by atoms with Gasteiger partial charge in [-0.3, -0.25) is 4.79 Å². The molecule has 3 unspecified atom stereocenters. The molecule has 2 N–H and O–H groups in total. The molecule has 1 saturated carbocycles. The van der Waals surface area contributed by atoms with Crippen LogP contribution in [0.25, 0.3) is 0 Å². The molecule has 0 spiro atoms.